The highest BCUT2D eigenvalue weighted by Gasteiger charge is 1.96. The maximum atomic E-state index is 4.97. The molecule has 0 unspecified atom stereocenters. The summed E-state index contributed by atoms with van der Waals surface area (Å²) in [5.74, 6) is 2.88. The third kappa shape index (κ3) is 3.98. The molecule has 4 heteroatoms. The molecule has 1 aromatic rings. The molecule has 0 saturated carbocycles. The molecule has 0 aliphatic carbocycles. The van der Waals surface area contributed by atoms with Gasteiger partial charge in [0.25, 0.3) is 0 Å². The molecule has 0 radical (unpaired) electrons. The average molecular weight is 212 g/mol. The molecule has 1 rings (SSSR count). The van der Waals surface area contributed by atoms with Crippen molar-refractivity contribution < 1.29 is 4.74 Å². The summed E-state index contributed by atoms with van der Waals surface area (Å²) in [7, 11) is 3.60. The highest BCUT2D eigenvalue weighted by molar-refractivity contribution is 7.98. The molecular formula is C10H16N2OS. The molecule has 0 spiro atoms. The summed E-state index contributed by atoms with van der Waals surface area (Å²) in [5.41, 5.74) is 1.11. The predicted molar refractivity (Wildman–Crippen MR) is 61.8 cm³/mol. The SMILES string of the molecule is CNc1cccc(CSCCOC)n1. The van der Waals surface area contributed by atoms with Gasteiger partial charge in [0.05, 0.1) is 12.3 Å². The highest BCUT2D eigenvalue weighted by atomic mass is 32.2. The summed E-state index contributed by atoms with van der Waals surface area (Å²) in [6, 6.07) is 6.02. The lowest BCUT2D eigenvalue weighted by atomic mass is 10.4. The predicted octanol–water partition coefficient (Wildman–Crippen LogP) is 2.00. The Kier molecular flexibility index (Phi) is 5.40. The summed E-state index contributed by atoms with van der Waals surface area (Å²) >= 11 is 1.83. The maximum Gasteiger partial charge on any atom is 0.125 e. The Labute approximate surface area is 89.3 Å². The second kappa shape index (κ2) is 6.68. The van der Waals surface area contributed by atoms with Gasteiger partial charge in [-0.2, -0.15) is 11.8 Å². The van der Waals surface area contributed by atoms with Gasteiger partial charge in [-0.05, 0) is 12.1 Å². The van der Waals surface area contributed by atoms with Gasteiger partial charge in [0.2, 0.25) is 0 Å². The Bertz CT molecular complexity index is 268. The minimum absolute atomic E-state index is 0.802. The van der Waals surface area contributed by atoms with Crippen LogP contribution in [0.4, 0.5) is 5.82 Å². The third-order valence-electron chi connectivity index (χ3n) is 1.74. The van der Waals surface area contributed by atoms with Crippen molar-refractivity contribution in [2.45, 2.75) is 5.75 Å². The van der Waals surface area contributed by atoms with Crippen molar-refractivity contribution in [1.82, 2.24) is 4.98 Å². The monoisotopic (exact) mass is 212 g/mol. The molecule has 14 heavy (non-hydrogen) atoms. The number of pyridine rings is 1. The van der Waals surface area contributed by atoms with Crippen molar-refractivity contribution in [2.75, 3.05) is 31.8 Å². The zero-order valence-corrected chi connectivity index (χ0v) is 9.43. The zero-order valence-electron chi connectivity index (χ0n) is 8.62. The molecule has 1 aromatic heterocycles. The van der Waals surface area contributed by atoms with Crippen LogP contribution in [0.25, 0.3) is 0 Å². The van der Waals surface area contributed by atoms with E-state index < -0.39 is 0 Å². The molecule has 3 nitrogen and oxygen atoms in total. The van der Waals surface area contributed by atoms with Crippen LogP contribution in [0.1, 0.15) is 5.69 Å². The van der Waals surface area contributed by atoms with Gasteiger partial charge >= 0.3 is 0 Å². The summed E-state index contributed by atoms with van der Waals surface area (Å²) in [4.78, 5) is 4.42. The van der Waals surface area contributed by atoms with Gasteiger partial charge in [-0.1, -0.05) is 6.07 Å². The maximum absolute atomic E-state index is 4.97. The van der Waals surface area contributed by atoms with Gasteiger partial charge < -0.3 is 10.1 Å². The van der Waals surface area contributed by atoms with Crippen molar-refractivity contribution in [3.05, 3.63) is 23.9 Å². The molecule has 0 aromatic carbocycles. The zero-order chi connectivity index (χ0) is 10.2. The number of hydrogen-bond acceptors (Lipinski definition) is 4. The number of ether oxygens (including phenoxy) is 1. The number of nitrogens with one attached hydrogen (secondary N) is 1. The number of anilines is 1. The second-order valence-electron chi connectivity index (χ2n) is 2.81. The van der Waals surface area contributed by atoms with E-state index in [0.717, 1.165) is 29.6 Å². The fourth-order valence-corrected chi connectivity index (χ4v) is 1.82. The third-order valence-corrected chi connectivity index (χ3v) is 2.70. The van der Waals surface area contributed by atoms with E-state index in [9.17, 15) is 0 Å². The first-order chi connectivity index (χ1) is 6.86. The fourth-order valence-electron chi connectivity index (χ4n) is 1.02. The second-order valence-corrected chi connectivity index (χ2v) is 3.91. The first kappa shape index (κ1) is 11.3. The van der Waals surface area contributed by atoms with Gasteiger partial charge in [0.1, 0.15) is 5.82 Å². The Hall–Kier alpha value is -0.740. The van der Waals surface area contributed by atoms with Crippen molar-refractivity contribution in [3.8, 4) is 0 Å². The van der Waals surface area contributed by atoms with Gasteiger partial charge in [0.15, 0.2) is 0 Å². The fraction of sp³-hybridized carbons (Fsp3) is 0.500. The van der Waals surface area contributed by atoms with Gasteiger partial charge in [-0.3, -0.25) is 0 Å². The first-order valence-corrected chi connectivity index (χ1v) is 5.72. The van der Waals surface area contributed by atoms with Gasteiger partial charge in [0, 0.05) is 25.7 Å². The lowest BCUT2D eigenvalue weighted by Gasteiger charge is -2.03. The Morgan fingerprint density at radius 2 is 2.36 bits per heavy atom. The van der Waals surface area contributed by atoms with E-state index >= 15 is 0 Å². The molecule has 0 fully saturated rings. The summed E-state index contributed by atoms with van der Waals surface area (Å²) in [5, 5.41) is 3.02. The topological polar surface area (TPSA) is 34.1 Å². The Morgan fingerprint density at radius 3 is 3.07 bits per heavy atom. The van der Waals surface area contributed by atoms with E-state index in [4.69, 9.17) is 4.74 Å². The van der Waals surface area contributed by atoms with Crippen LogP contribution < -0.4 is 5.32 Å². The lowest BCUT2D eigenvalue weighted by Crippen LogP contribution is -1.96. The van der Waals surface area contributed by atoms with Crippen molar-refractivity contribution in [1.29, 1.82) is 0 Å². The van der Waals surface area contributed by atoms with E-state index in [-0.39, 0.29) is 0 Å². The summed E-state index contributed by atoms with van der Waals surface area (Å²) in [6.07, 6.45) is 0. The quantitative estimate of drug-likeness (QED) is 0.731. The van der Waals surface area contributed by atoms with E-state index in [1.165, 1.54) is 0 Å². The van der Waals surface area contributed by atoms with E-state index in [2.05, 4.69) is 10.3 Å². The molecule has 0 amide bonds. The number of rotatable bonds is 6. The van der Waals surface area contributed by atoms with Crippen LogP contribution in [0.5, 0.6) is 0 Å². The van der Waals surface area contributed by atoms with Crippen LogP contribution in [0.15, 0.2) is 18.2 Å². The molecule has 0 bridgehead atoms. The van der Waals surface area contributed by atoms with Crippen molar-refractivity contribution >= 4 is 17.6 Å². The number of thioether (sulfide) groups is 1. The minimum Gasteiger partial charge on any atom is -0.384 e. The van der Waals surface area contributed by atoms with E-state index in [1.807, 2.05) is 37.0 Å². The van der Waals surface area contributed by atoms with Crippen molar-refractivity contribution in [3.63, 3.8) is 0 Å². The minimum atomic E-state index is 0.802. The van der Waals surface area contributed by atoms with Crippen molar-refractivity contribution in [2.24, 2.45) is 0 Å². The molecule has 0 aliphatic rings. The average Bonchev–Trinajstić information content (AvgIpc) is 2.25. The Morgan fingerprint density at radius 1 is 1.50 bits per heavy atom. The van der Waals surface area contributed by atoms with E-state index in [0.29, 0.717) is 0 Å². The van der Waals surface area contributed by atoms with Gasteiger partial charge in [-0.25, -0.2) is 4.98 Å². The molecule has 1 heterocycles. The van der Waals surface area contributed by atoms with Crippen LogP contribution in [0, 0.1) is 0 Å². The summed E-state index contributed by atoms with van der Waals surface area (Å²) < 4.78 is 4.97. The Balaban J connectivity index is 2.34. The molecule has 78 valence electrons. The smallest absolute Gasteiger partial charge is 0.125 e. The number of nitrogens with zero attached hydrogens (tertiary/aromatic N) is 1. The molecule has 0 atom stereocenters. The molecule has 0 aliphatic heterocycles. The van der Waals surface area contributed by atoms with Gasteiger partial charge in [-0.15, -0.1) is 0 Å². The van der Waals surface area contributed by atoms with Crippen LogP contribution in [-0.2, 0) is 10.5 Å². The largest absolute Gasteiger partial charge is 0.384 e. The normalized spacial score (nSPS) is 10.1. The number of hydrogen-bond donors (Lipinski definition) is 1. The summed E-state index contributed by atoms with van der Waals surface area (Å²) in [6.45, 7) is 0.802. The number of aromatic nitrogens is 1. The van der Waals surface area contributed by atoms with Crippen LogP contribution in [-0.4, -0.2) is 31.5 Å². The molecule has 1 N–H and O–H groups in total. The molecular weight excluding hydrogens is 196 g/mol. The first-order valence-electron chi connectivity index (χ1n) is 4.57. The highest BCUT2D eigenvalue weighted by Crippen LogP contribution is 2.11. The van der Waals surface area contributed by atoms with Crippen LogP contribution in [0.2, 0.25) is 0 Å². The van der Waals surface area contributed by atoms with Crippen LogP contribution in [0.3, 0.4) is 0 Å². The number of methoxy groups -OCH3 is 1. The lowest BCUT2D eigenvalue weighted by molar-refractivity contribution is 0.218. The van der Waals surface area contributed by atoms with E-state index in [1.54, 1.807) is 7.11 Å². The van der Waals surface area contributed by atoms with Crippen LogP contribution >= 0.6 is 11.8 Å². The standard InChI is InChI=1S/C10H16N2OS/c1-11-10-5-3-4-9(12-10)8-14-7-6-13-2/h3-5H,6-8H2,1-2H3,(H,11,12). The molecule has 0 saturated heterocycles.